The third-order valence-electron chi connectivity index (χ3n) is 3.22. The second-order valence-corrected chi connectivity index (χ2v) is 5.70. The van der Waals surface area contributed by atoms with E-state index in [1.54, 1.807) is 12.1 Å². The normalized spacial score (nSPS) is 12.1. The van der Waals surface area contributed by atoms with E-state index in [9.17, 15) is 4.79 Å². The molecule has 0 radical (unpaired) electrons. The van der Waals surface area contributed by atoms with Gasteiger partial charge in [-0.25, -0.2) is 0 Å². The lowest BCUT2D eigenvalue weighted by Crippen LogP contribution is -2.14. The Balaban J connectivity index is 1.91. The molecule has 0 atom stereocenters. The first kappa shape index (κ1) is 14.6. The van der Waals surface area contributed by atoms with Crippen LogP contribution in [0.3, 0.4) is 0 Å². The Hall–Kier alpha value is -2.31. The standard InChI is InChI=1S/C16H13BrN2O3/c1-9(2)10-5-3-4-6-13(10)18-16(20)11-7-14-15(8-12(11)17)22-19-21-14/h3-8,19H,1H2,2H3,(H,18,20). The van der Waals surface area contributed by atoms with Crippen molar-refractivity contribution >= 4 is 33.1 Å². The molecule has 2 N–H and O–H groups in total. The van der Waals surface area contributed by atoms with Crippen molar-refractivity contribution in [3.63, 3.8) is 0 Å². The minimum atomic E-state index is -0.251. The summed E-state index contributed by atoms with van der Waals surface area (Å²) in [6.45, 7) is 5.82. The number of carbonyl (C=O) groups excluding carboxylic acids is 1. The van der Waals surface area contributed by atoms with Gasteiger partial charge >= 0.3 is 0 Å². The van der Waals surface area contributed by atoms with E-state index in [-0.39, 0.29) is 5.91 Å². The summed E-state index contributed by atoms with van der Waals surface area (Å²) in [6.07, 6.45) is 0. The second kappa shape index (κ2) is 5.82. The molecule has 0 aromatic heterocycles. The summed E-state index contributed by atoms with van der Waals surface area (Å²) in [5, 5.41) is 2.89. The van der Waals surface area contributed by atoms with E-state index in [1.807, 2.05) is 31.2 Å². The van der Waals surface area contributed by atoms with E-state index in [2.05, 4.69) is 33.5 Å². The first-order valence-electron chi connectivity index (χ1n) is 6.55. The maximum absolute atomic E-state index is 12.5. The van der Waals surface area contributed by atoms with Gasteiger partial charge in [0, 0.05) is 33.5 Å². The zero-order valence-corrected chi connectivity index (χ0v) is 13.4. The summed E-state index contributed by atoms with van der Waals surface area (Å²) in [5.74, 6) is 0.728. The average Bonchev–Trinajstić information content (AvgIpc) is 2.93. The molecule has 5 nitrogen and oxygen atoms in total. The highest BCUT2D eigenvalue weighted by atomic mass is 79.9. The van der Waals surface area contributed by atoms with Crippen molar-refractivity contribution in [1.82, 2.24) is 5.64 Å². The number of fused-ring (bicyclic) bond motifs is 1. The third kappa shape index (κ3) is 2.70. The molecule has 6 heteroatoms. The fourth-order valence-corrected chi connectivity index (χ4v) is 2.64. The Labute approximate surface area is 136 Å². The molecule has 0 aliphatic carbocycles. The quantitative estimate of drug-likeness (QED) is 0.870. The number of hydrogen-bond donors (Lipinski definition) is 2. The van der Waals surface area contributed by atoms with Gasteiger partial charge in [-0.05, 0) is 34.5 Å². The van der Waals surface area contributed by atoms with Crippen molar-refractivity contribution in [1.29, 1.82) is 0 Å². The summed E-state index contributed by atoms with van der Waals surface area (Å²) in [6, 6.07) is 10.8. The van der Waals surface area contributed by atoms with Crippen molar-refractivity contribution in [2.45, 2.75) is 6.92 Å². The van der Waals surface area contributed by atoms with Crippen LogP contribution in [0.15, 0.2) is 47.4 Å². The first-order valence-corrected chi connectivity index (χ1v) is 7.34. The number of benzene rings is 2. The molecule has 2 aromatic rings. The summed E-state index contributed by atoms with van der Waals surface area (Å²) in [5.41, 5.74) is 5.23. The molecule has 0 saturated heterocycles. The van der Waals surface area contributed by atoms with Crippen LogP contribution >= 0.6 is 15.9 Å². The number of para-hydroxylation sites is 1. The van der Waals surface area contributed by atoms with Crippen LogP contribution in [0.2, 0.25) is 0 Å². The molecule has 0 bridgehead atoms. The van der Waals surface area contributed by atoms with Gasteiger partial charge in [0.05, 0.1) is 5.56 Å². The molecule has 112 valence electrons. The van der Waals surface area contributed by atoms with E-state index in [4.69, 9.17) is 9.68 Å². The van der Waals surface area contributed by atoms with Crippen molar-refractivity contribution in [3.8, 4) is 11.5 Å². The molecule has 1 aliphatic heterocycles. The van der Waals surface area contributed by atoms with Gasteiger partial charge in [0.2, 0.25) is 0 Å². The van der Waals surface area contributed by atoms with Gasteiger partial charge < -0.3 is 15.0 Å². The molecule has 0 unspecified atom stereocenters. The van der Waals surface area contributed by atoms with Crippen molar-refractivity contribution in [2.24, 2.45) is 0 Å². The summed E-state index contributed by atoms with van der Waals surface area (Å²) >= 11 is 3.37. The highest BCUT2D eigenvalue weighted by molar-refractivity contribution is 9.10. The number of nitrogens with one attached hydrogen (secondary N) is 2. The second-order valence-electron chi connectivity index (χ2n) is 4.85. The first-order chi connectivity index (χ1) is 10.6. The van der Waals surface area contributed by atoms with Crippen molar-refractivity contribution < 1.29 is 14.5 Å². The van der Waals surface area contributed by atoms with Crippen LogP contribution in [0.1, 0.15) is 22.8 Å². The monoisotopic (exact) mass is 360 g/mol. The number of carbonyl (C=O) groups is 1. The molecular weight excluding hydrogens is 348 g/mol. The van der Waals surface area contributed by atoms with E-state index in [0.717, 1.165) is 11.1 Å². The topological polar surface area (TPSA) is 59.6 Å². The van der Waals surface area contributed by atoms with Gasteiger partial charge in [0.25, 0.3) is 5.91 Å². The van der Waals surface area contributed by atoms with Crippen LogP contribution in [0.5, 0.6) is 11.5 Å². The van der Waals surface area contributed by atoms with Crippen LogP contribution < -0.4 is 20.6 Å². The number of rotatable bonds is 3. The Morgan fingerprint density at radius 1 is 1.18 bits per heavy atom. The molecule has 22 heavy (non-hydrogen) atoms. The minimum Gasteiger partial charge on any atom is -0.370 e. The average molecular weight is 361 g/mol. The van der Waals surface area contributed by atoms with Gasteiger partial charge in [0.1, 0.15) is 0 Å². The molecule has 2 aromatic carbocycles. The predicted molar refractivity (Wildman–Crippen MR) is 87.6 cm³/mol. The van der Waals surface area contributed by atoms with Crippen LogP contribution in [-0.4, -0.2) is 5.91 Å². The largest absolute Gasteiger partial charge is 0.370 e. The maximum Gasteiger partial charge on any atom is 0.256 e. The van der Waals surface area contributed by atoms with E-state index in [0.29, 0.717) is 27.2 Å². The predicted octanol–water partition coefficient (Wildman–Crippen LogP) is 3.93. The molecular formula is C16H13BrN2O3. The molecule has 0 spiro atoms. The molecule has 3 rings (SSSR count). The van der Waals surface area contributed by atoms with Gasteiger partial charge in [-0.2, -0.15) is 0 Å². The summed E-state index contributed by atoms with van der Waals surface area (Å²) in [7, 11) is 0. The third-order valence-corrected chi connectivity index (χ3v) is 3.87. The van der Waals surface area contributed by atoms with Gasteiger partial charge in [-0.3, -0.25) is 4.79 Å². The fourth-order valence-electron chi connectivity index (χ4n) is 2.13. The zero-order valence-electron chi connectivity index (χ0n) is 11.8. The van der Waals surface area contributed by atoms with E-state index < -0.39 is 0 Å². The Morgan fingerprint density at radius 3 is 2.59 bits per heavy atom. The number of hydrogen-bond acceptors (Lipinski definition) is 4. The van der Waals surface area contributed by atoms with E-state index >= 15 is 0 Å². The molecule has 1 aliphatic rings. The number of allylic oxidation sites excluding steroid dienone is 1. The molecule has 1 amide bonds. The van der Waals surface area contributed by atoms with E-state index in [1.165, 1.54) is 0 Å². The maximum atomic E-state index is 12.5. The van der Waals surface area contributed by atoms with Crippen molar-refractivity contribution in [3.05, 3.63) is 58.6 Å². The van der Waals surface area contributed by atoms with Gasteiger partial charge in [0.15, 0.2) is 11.5 Å². The Kier molecular flexibility index (Phi) is 3.87. The van der Waals surface area contributed by atoms with Crippen LogP contribution in [-0.2, 0) is 0 Å². The van der Waals surface area contributed by atoms with Crippen LogP contribution in [0.4, 0.5) is 5.69 Å². The highest BCUT2D eigenvalue weighted by Gasteiger charge is 2.21. The molecule has 0 fully saturated rings. The highest BCUT2D eigenvalue weighted by Crippen LogP contribution is 2.36. The lowest BCUT2D eigenvalue weighted by Gasteiger charge is -2.12. The summed E-state index contributed by atoms with van der Waals surface area (Å²) in [4.78, 5) is 22.6. The van der Waals surface area contributed by atoms with Crippen LogP contribution in [0.25, 0.3) is 5.57 Å². The zero-order chi connectivity index (χ0) is 15.7. The lowest BCUT2D eigenvalue weighted by atomic mass is 10.1. The number of halogens is 1. The number of anilines is 1. The Bertz CT molecular complexity index is 774. The summed E-state index contributed by atoms with van der Waals surface area (Å²) < 4.78 is 0.615. The van der Waals surface area contributed by atoms with Gasteiger partial charge in [-0.1, -0.05) is 24.8 Å². The van der Waals surface area contributed by atoms with Gasteiger partial charge in [-0.15, -0.1) is 0 Å². The van der Waals surface area contributed by atoms with Crippen LogP contribution in [0, 0.1) is 0 Å². The number of amides is 1. The smallest absolute Gasteiger partial charge is 0.256 e. The molecule has 0 saturated carbocycles. The fraction of sp³-hybridized carbons (Fsp3) is 0.0625. The lowest BCUT2D eigenvalue weighted by molar-refractivity contribution is 0.0259. The van der Waals surface area contributed by atoms with Crippen molar-refractivity contribution in [2.75, 3.05) is 5.32 Å². The molecule has 1 heterocycles. The SMILES string of the molecule is C=C(C)c1ccccc1NC(=O)c1cc2c(cc1Br)ONO2. The Morgan fingerprint density at radius 2 is 1.86 bits per heavy atom. The minimum absolute atomic E-state index is 0.251.